The molecule has 1 fully saturated rings. The third-order valence-electron chi connectivity index (χ3n) is 3.69. The highest BCUT2D eigenvalue weighted by Gasteiger charge is 2.14. The Hall–Kier alpha value is -1.49. The van der Waals surface area contributed by atoms with Crippen LogP contribution in [0.15, 0.2) is 18.2 Å². The first-order chi connectivity index (χ1) is 10.2. The van der Waals surface area contributed by atoms with Crippen molar-refractivity contribution in [3.63, 3.8) is 0 Å². The molecule has 116 valence electrons. The highest BCUT2D eigenvalue weighted by atomic mass is 19.1. The van der Waals surface area contributed by atoms with Crippen molar-refractivity contribution in [3.05, 3.63) is 35.4 Å². The molecule has 0 aromatic heterocycles. The zero-order valence-corrected chi connectivity index (χ0v) is 12.0. The van der Waals surface area contributed by atoms with Crippen molar-refractivity contribution in [1.29, 1.82) is 0 Å². The van der Waals surface area contributed by atoms with E-state index in [0.29, 0.717) is 25.7 Å². The first-order valence-electron chi connectivity index (χ1n) is 7.51. The SMILES string of the molecule is O=C(NCCCOC1CCCCC1)c1cc(F)ccc1F. The van der Waals surface area contributed by atoms with Crippen LogP contribution in [0.4, 0.5) is 8.78 Å². The largest absolute Gasteiger partial charge is 0.378 e. The van der Waals surface area contributed by atoms with E-state index in [2.05, 4.69) is 5.32 Å². The number of benzene rings is 1. The summed E-state index contributed by atoms with van der Waals surface area (Å²) in [4.78, 5) is 11.7. The molecule has 1 aromatic carbocycles. The van der Waals surface area contributed by atoms with Gasteiger partial charge in [0.2, 0.25) is 0 Å². The van der Waals surface area contributed by atoms with Gasteiger partial charge in [0, 0.05) is 13.2 Å². The average Bonchev–Trinajstić information content (AvgIpc) is 2.50. The van der Waals surface area contributed by atoms with E-state index in [9.17, 15) is 13.6 Å². The molecule has 1 aliphatic carbocycles. The molecule has 2 rings (SSSR count). The van der Waals surface area contributed by atoms with E-state index in [-0.39, 0.29) is 5.56 Å². The van der Waals surface area contributed by atoms with Crippen LogP contribution in [0.3, 0.4) is 0 Å². The molecule has 3 nitrogen and oxygen atoms in total. The monoisotopic (exact) mass is 297 g/mol. The molecule has 0 aliphatic heterocycles. The number of ether oxygens (including phenoxy) is 1. The van der Waals surface area contributed by atoms with Crippen LogP contribution in [0.1, 0.15) is 48.9 Å². The smallest absolute Gasteiger partial charge is 0.254 e. The van der Waals surface area contributed by atoms with E-state index in [1.807, 2.05) is 0 Å². The van der Waals surface area contributed by atoms with Gasteiger partial charge in [-0.2, -0.15) is 0 Å². The fourth-order valence-corrected chi connectivity index (χ4v) is 2.52. The predicted octanol–water partition coefficient (Wildman–Crippen LogP) is 3.43. The molecule has 1 saturated carbocycles. The molecule has 0 atom stereocenters. The Morgan fingerprint density at radius 2 is 2.00 bits per heavy atom. The zero-order valence-electron chi connectivity index (χ0n) is 12.0. The second kappa shape index (κ2) is 8.08. The highest BCUT2D eigenvalue weighted by molar-refractivity contribution is 5.94. The number of nitrogens with one attached hydrogen (secondary N) is 1. The number of halogens is 2. The summed E-state index contributed by atoms with van der Waals surface area (Å²) in [7, 11) is 0. The lowest BCUT2D eigenvalue weighted by atomic mass is 9.98. The maximum atomic E-state index is 13.4. The molecular formula is C16H21F2NO2. The standard InChI is InChI=1S/C16H21F2NO2/c17-12-7-8-15(18)14(11-12)16(20)19-9-4-10-21-13-5-2-1-3-6-13/h7-8,11,13H,1-6,9-10H2,(H,19,20). The Balaban J connectivity index is 1.66. The third-order valence-corrected chi connectivity index (χ3v) is 3.69. The summed E-state index contributed by atoms with van der Waals surface area (Å²) in [6.07, 6.45) is 6.96. The summed E-state index contributed by atoms with van der Waals surface area (Å²) in [6, 6.07) is 2.85. The van der Waals surface area contributed by atoms with Gasteiger partial charge in [0.15, 0.2) is 0 Å². The Morgan fingerprint density at radius 3 is 2.76 bits per heavy atom. The number of hydrogen-bond acceptors (Lipinski definition) is 2. The van der Waals surface area contributed by atoms with Crippen molar-refractivity contribution < 1.29 is 18.3 Å². The number of hydrogen-bond donors (Lipinski definition) is 1. The highest BCUT2D eigenvalue weighted by Crippen LogP contribution is 2.20. The molecule has 1 amide bonds. The van der Waals surface area contributed by atoms with Gasteiger partial charge in [-0.1, -0.05) is 19.3 Å². The van der Waals surface area contributed by atoms with Crippen LogP contribution in [-0.4, -0.2) is 25.2 Å². The summed E-state index contributed by atoms with van der Waals surface area (Å²) < 4.78 is 32.1. The second-order valence-electron chi connectivity index (χ2n) is 5.36. The normalized spacial score (nSPS) is 15.9. The topological polar surface area (TPSA) is 38.3 Å². The lowest BCUT2D eigenvalue weighted by Crippen LogP contribution is -2.27. The molecule has 1 aliphatic rings. The first kappa shape index (κ1) is 15.9. The molecule has 0 radical (unpaired) electrons. The van der Waals surface area contributed by atoms with Crippen molar-refractivity contribution in [2.24, 2.45) is 0 Å². The second-order valence-corrected chi connectivity index (χ2v) is 5.36. The number of rotatable bonds is 6. The summed E-state index contributed by atoms with van der Waals surface area (Å²) in [6.45, 7) is 0.970. The molecular weight excluding hydrogens is 276 g/mol. The van der Waals surface area contributed by atoms with Crippen molar-refractivity contribution >= 4 is 5.91 Å². The zero-order chi connectivity index (χ0) is 15.1. The third kappa shape index (κ3) is 5.08. The number of carbonyl (C=O) groups excluding carboxylic acids is 1. The minimum Gasteiger partial charge on any atom is -0.378 e. The Labute approximate surface area is 123 Å². The van der Waals surface area contributed by atoms with Gasteiger partial charge in [0.25, 0.3) is 5.91 Å². The Bertz CT molecular complexity index is 473. The minimum atomic E-state index is -0.715. The lowest BCUT2D eigenvalue weighted by molar-refractivity contribution is 0.0273. The van der Waals surface area contributed by atoms with Gasteiger partial charge in [-0.15, -0.1) is 0 Å². The van der Waals surface area contributed by atoms with Crippen molar-refractivity contribution in [1.82, 2.24) is 5.32 Å². The van der Waals surface area contributed by atoms with E-state index < -0.39 is 17.5 Å². The summed E-state index contributed by atoms with van der Waals surface area (Å²) >= 11 is 0. The van der Waals surface area contributed by atoms with Crippen LogP contribution in [0, 0.1) is 11.6 Å². The van der Waals surface area contributed by atoms with Gasteiger partial charge < -0.3 is 10.1 Å². The quantitative estimate of drug-likeness (QED) is 0.817. The molecule has 0 saturated heterocycles. The lowest BCUT2D eigenvalue weighted by Gasteiger charge is -2.21. The van der Waals surface area contributed by atoms with Crippen LogP contribution >= 0.6 is 0 Å². The molecule has 21 heavy (non-hydrogen) atoms. The van der Waals surface area contributed by atoms with Crippen LogP contribution in [-0.2, 0) is 4.74 Å². The summed E-state index contributed by atoms with van der Waals surface area (Å²) in [5.41, 5.74) is -0.261. The van der Waals surface area contributed by atoms with Crippen LogP contribution < -0.4 is 5.32 Å². The van der Waals surface area contributed by atoms with E-state index in [1.165, 1.54) is 19.3 Å². The predicted molar refractivity (Wildman–Crippen MR) is 76.1 cm³/mol. The van der Waals surface area contributed by atoms with Crippen molar-refractivity contribution in [3.8, 4) is 0 Å². The first-order valence-corrected chi connectivity index (χ1v) is 7.51. The van der Waals surface area contributed by atoms with E-state index in [1.54, 1.807) is 0 Å². The maximum absolute atomic E-state index is 13.4. The molecule has 0 bridgehead atoms. The van der Waals surface area contributed by atoms with Crippen LogP contribution in [0.2, 0.25) is 0 Å². The van der Waals surface area contributed by atoms with E-state index in [0.717, 1.165) is 31.0 Å². The van der Waals surface area contributed by atoms with Gasteiger partial charge >= 0.3 is 0 Å². The average molecular weight is 297 g/mol. The van der Waals surface area contributed by atoms with Gasteiger partial charge in [-0.25, -0.2) is 8.78 Å². The van der Waals surface area contributed by atoms with Crippen molar-refractivity contribution in [2.45, 2.75) is 44.6 Å². The van der Waals surface area contributed by atoms with Gasteiger partial charge in [0.1, 0.15) is 11.6 Å². The van der Waals surface area contributed by atoms with E-state index >= 15 is 0 Å². The van der Waals surface area contributed by atoms with Crippen LogP contribution in [0.5, 0.6) is 0 Å². The molecule has 0 spiro atoms. The number of amides is 1. The van der Waals surface area contributed by atoms with Crippen molar-refractivity contribution in [2.75, 3.05) is 13.2 Å². The van der Waals surface area contributed by atoms with Crippen LogP contribution in [0.25, 0.3) is 0 Å². The fraction of sp³-hybridized carbons (Fsp3) is 0.562. The fourth-order valence-electron chi connectivity index (χ4n) is 2.52. The molecule has 1 N–H and O–H groups in total. The molecule has 0 unspecified atom stereocenters. The minimum absolute atomic E-state index is 0.261. The Kier molecular flexibility index (Phi) is 6.11. The van der Waals surface area contributed by atoms with E-state index in [4.69, 9.17) is 4.74 Å². The van der Waals surface area contributed by atoms with Gasteiger partial charge in [0.05, 0.1) is 11.7 Å². The van der Waals surface area contributed by atoms with Gasteiger partial charge in [-0.05, 0) is 37.5 Å². The number of carbonyl (C=O) groups is 1. The molecule has 1 aromatic rings. The van der Waals surface area contributed by atoms with Gasteiger partial charge in [-0.3, -0.25) is 4.79 Å². The molecule has 0 heterocycles. The summed E-state index contributed by atoms with van der Waals surface area (Å²) in [5.74, 6) is -1.93. The maximum Gasteiger partial charge on any atom is 0.254 e. The summed E-state index contributed by atoms with van der Waals surface area (Å²) in [5, 5.41) is 2.58. The molecule has 5 heteroatoms. The Morgan fingerprint density at radius 1 is 1.24 bits per heavy atom.